The molecule has 0 N–H and O–H groups in total. The van der Waals surface area contributed by atoms with Gasteiger partial charge in [0.25, 0.3) is 0 Å². The Balaban J connectivity index is 0. The van der Waals surface area contributed by atoms with Crippen LogP contribution < -0.4 is 0 Å². The van der Waals surface area contributed by atoms with Gasteiger partial charge in [-0.15, -0.1) is 0 Å². The van der Waals surface area contributed by atoms with E-state index in [1.165, 1.54) is 0 Å². The minimum absolute atomic E-state index is 0.0370. The maximum Gasteiger partial charge on any atom is 0.154 e. The van der Waals surface area contributed by atoms with Crippen LogP contribution in [0.2, 0.25) is 0 Å². The summed E-state index contributed by atoms with van der Waals surface area (Å²) in [5.41, 5.74) is 0. The van der Waals surface area contributed by atoms with E-state index in [9.17, 15) is 0 Å². The van der Waals surface area contributed by atoms with Crippen LogP contribution in [0, 0.1) is 0 Å². The molecule has 0 aliphatic rings. The normalized spacial score (nSPS) is 10.5. The molecule has 0 heterocycles. The van der Waals surface area contributed by atoms with Gasteiger partial charge in [-0.1, -0.05) is 0 Å². The highest BCUT2D eigenvalue weighted by atomic mass is 16.7. The Bertz CT molecular complexity index is 141. The molecule has 6 heteroatoms. The van der Waals surface area contributed by atoms with Crippen LogP contribution in [0.4, 0.5) is 0 Å². The van der Waals surface area contributed by atoms with Crippen molar-refractivity contribution in [3.05, 3.63) is 0 Å². The van der Waals surface area contributed by atoms with Crippen LogP contribution in [0.1, 0.15) is 20.8 Å². The Morgan fingerprint density at radius 3 is 1.30 bits per heavy atom. The number of rotatable bonds is 13. The van der Waals surface area contributed by atoms with Crippen molar-refractivity contribution in [1.82, 2.24) is 0 Å². The van der Waals surface area contributed by atoms with E-state index in [0.29, 0.717) is 39.6 Å². The zero-order valence-electron chi connectivity index (χ0n) is 13.7. The zero-order chi connectivity index (χ0) is 15.5. The minimum Gasteiger partial charge on any atom is -0.382 e. The first-order valence-electron chi connectivity index (χ1n) is 7.09. The molecule has 0 radical (unpaired) electrons. The topological polar surface area (TPSA) is 55.4 Å². The van der Waals surface area contributed by atoms with E-state index in [4.69, 9.17) is 28.4 Å². The summed E-state index contributed by atoms with van der Waals surface area (Å²) in [6.07, 6.45) is -0.0370. The van der Waals surface area contributed by atoms with Crippen molar-refractivity contribution in [1.29, 1.82) is 0 Å². The second kappa shape index (κ2) is 21.1. The molecule has 0 atom stereocenters. The summed E-state index contributed by atoms with van der Waals surface area (Å²) < 4.78 is 30.0. The summed E-state index contributed by atoms with van der Waals surface area (Å²) in [6, 6.07) is 0. The van der Waals surface area contributed by atoms with Crippen molar-refractivity contribution in [3.63, 3.8) is 0 Å². The van der Waals surface area contributed by atoms with E-state index < -0.39 is 0 Å². The minimum atomic E-state index is -0.0370. The lowest BCUT2D eigenvalue weighted by atomic mass is 10.7. The van der Waals surface area contributed by atoms with Crippen LogP contribution >= 0.6 is 0 Å². The standard InChI is InChI=1S/C8H18O4.C6H14O2/c1-9-3-5-11-7-8-12-6-4-10-2;1-4-7-6(3)8-5-2/h3-8H2,1-2H3;6H,4-5H2,1-3H3. The van der Waals surface area contributed by atoms with Crippen LogP contribution in [0.5, 0.6) is 0 Å². The molecule has 0 saturated heterocycles. The van der Waals surface area contributed by atoms with Gasteiger partial charge < -0.3 is 28.4 Å². The first kappa shape index (κ1) is 22.0. The average molecular weight is 296 g/mol. The van der Waals surface area contributed by atoms with Crippen molar-refractivity contribution in [2.75, 3.05) is 67.1 Å². The maximum atomic E-state index is 5.16. The summed E-state index contributed by atoms with van der Waals surface area (Å²) in [5.74, 6) is 0. The van der Waals surface area contributed by atoms with Gasteiger partial charge in [0.15, 0.2) is 6.29 Å². The van der Waals surface area contributed by atoms with Gasteiger partial charge in [-0.2, -0.15) is 0 Å². The Morgan fingerprint density at radius 1 is 0.650 bits per heavy atom. The number of hydrogen-bond acceptors (Lipinski definition) is 6. The first-order valence-corrected chi connectivity index (χ1v) is 7.09. The van der Waals surface area contributed by atoms with Crippen LogP contribution in [0.3, 0.4) is 0 Å². The Kier molecular flexibility index (Phi) is 23.2. The van der Waals surface area contributed by atoms with Gasteiger partial charge in [-0.05, 0) is 20.8 Å². The van der Waals surface area contributed by atoms with Gasteiger partial charge in [-0.3, -0.25) is 0 Å². The third kappa shape index (κ3) is 22.9. The Hall–Kier alpha value is -0.240. The Morgan fingerprint density at radius 2 is 1.00 bits per heavy atom. The van der Waals surface area contributed by atoms with Crippen molar-refractivity contribution in [2.24, 2.45) is 0 Å². The monoisotopic (exact) mass is 296 g/mol. The summed E-state index contributed by atoms with van der Waals surface area (Å²) in [6.45, 7) is 11.0. The molecule has 0 aromatic carbocycles. The summed E-state index contributed by atoms with van der Waals surface area (Å²) in [7, 11) is 3.30. The fourth-order valence-electron chi connectivity index (χ4n) is 1.12. The molecule has 0 amide bonds. The number of hydrogen-bond donors (Lipinski definition) is 0. The van der Waals surface area contributed by atoms with Crippen LogP contribution in [-0.4, -0.2) is 73.4 Å². The van der Waals surface area contributed by atoms with Crippen molar-refractivity contribution in [3.8, 4) is 0 Å². The number of ether oxygens (including phenoxy) is 6. The molecule has 0 bridgehead atoms. The maximum absolute atomic E-state index is 5.16. The molecule has 6 nitrogen and oxygen atoms in total. The summed E-state index contributed by atoms with van der Waals surface area (Å²) in [4.78, 5) is 0. The molecule has 0 aromatic rings. The Labute approximate surface area is 123 Å². The predicted molar refractivity (Wildman–Crippen MR) is 78.1 cm³/mol. The smallest absolute Gasteiger partial charge is 0.154 e. The molecule has 0 aliphatic carbocycles. The zero-order valence-corrected chi connectivity index (χ0v) is 13.7. The van der Waals surface area contributed by atoms with Crippen molar-refractivity contribution in [2.45, 2.75) is 27.1 Å². The molecular weight excluding hydrogens is 264 g/mol. The summed E-state index contributed by atoms with van der Waals surface area (Å²) in [5, 5.41) is 0. The van der Waals surface area contributed by atoms with E-state index in [-0.39, 0.29) is 6.29 Å². The predicted octanol–water partition coefficient (Wildman–Crippen LogP) is 1.72. The van der Waals surface area contributed by atoms with Gasteiger partial charge in [0.05, 0.1) is 39.6 Å². The molecule has 0 rings (SSSR count). The molecule has 0 aromatic heterocycles. The van der Waals surface area contributed by atoms with Gasteiger partial charge in [-0.25, -0.2) is 0 Å². The second-order valence-corrected chi connectivity index (χ2v) is 3.69. The van der Waals surface area contributed by atoms with E-state index in [1.807, 2.05) is 20.8 Å². The largest absolute Gasteiger partial charge is 0.382 e. The van der Waals surface area contributed by atoms with E-state index >= 15 is 0 Å². The highest BCUT2D eigenvalue weighted by molar-refractivity contribution is 4.32. The van der Waals surface area contributed by atoms with E-state index in [0.717, 1.165) is 13.2 Å². The average Bonchev–Trinajstić information content (AvgIpc) is 2.43. The third-order valence-electron chi connectivity index (χ3n) is 2.04. The fraction of sp³-hybridized carbons (Fsp3) is 1.00. The first-order chi connectivity index (χ1) is 9.72. The molecule has 0 saturated carbocycles. The lowest BCUT2D eigenvalue weighted by Gasteiger charge is -2.09. The molecule has 0 spiro atoms. The third-order valence-corrected chi connectivity index (χ3v) is 2.04. The molecule has 0 fully saturated rings. The van der Waals surface area contributed by atoms with Gasteiger partial charge in [0.2, 0.25) is 0 Å². The lowest BCUT2D eigenvalue weighted by Crippen LogP contribution is -2.11. The van der Waals surface area contributed by atoms with Crippen molar-refractivity contribution >= 4 is 0 Å². The van der Waals surface area contributed by atoms with E-state index in [1.54, 1.807) is 14.2 Å². The van der Waals surface area contributed by atoms with E-state index in [2.05, 4.69) is 0 Å². The molecule has 0 aliphatic heterocycles. The quantitative estimate of drug-likeness (QED) is 0.381. The lowest BCUT2D eigenvalue weighted by molar-refractivity contribution is -0.123. The van der Waals surface area contributed by atoms with Crippen molar-refractivity contribution < 1.29 is 28.4 Å². The second-order valence-electron chi connectivity index (χ2n) is 3.69. The molecule has 124 valence electrons. The molecule has 20 heavy (non-hydrogen) atoms. The van der Waals surface area contributed by atoms with Crippen LogP contribution in [-0.2, 0) is 28.4 Å². The van der Waals surface area contributed by atoms with Crippen LogP contribution in [0.25, 0.3) is 0 Å². The number of methoxy groups -OCH3 is 2. The molecular formula is C14H32O6. The van der Waals surface area contributed by atoms with Gasteiger partial charge in [0.1, 0.15) is 0 Å². The fourth-order valence-corrected chi connectivity index (χ4v) is 1.12. The van der Waals surface area contributed by atoms with Crippen LogP contribution in [0.15, 0.2) is 0 Å². The highest BCUT2D eigenvalue weighted by Gasteiger charge is 1.94. The van der Waals surface area contributed by atoms with Gasteiger partial charge in [0, 0.05) is 27.4 Å². The molecule has 0 unspecified atom stereocenters. The summed E-state index contributed by atoms with van der Waals surface area (Å²) >= 11 is 0. The van der Waals surface area contributed by atoms with Gasteiger partial charge >= 0.3 is 0 Å². The SMILES string of the molecule is CCOC(C)OCC.COCCOCCOCCOC. The highest BCUT2D eigenvalue weighted by Crippen LogP contribution is 1.90.